The van der Waals surface area contributed by atoms with Crippen LogP contribution in [0.15, 0.2) is 163 Å². The van der Waals surface area contributed by atoms with Gasteiger partial charge in [0.2, 0.25) is 0 Å². The lowest BCUT2D eigenvalue weighted by Crippen LogP contribution is -2.43. The van der Waals surface area contributed by atoms with Crippen molar-refractivity contribution in [2.75, 3.05) is 0 Å². The van der Waals surface area contributed by atoms with Gasteiger partial charge >= 0.3 is 0 Å². The summed E-state index contributed by atoms with van der Waals surface area (Å²) < 4.78 is 0. The van der Waals surface area contributed by atoms with E-state index in [1.807, 2.05) is 0 Å². The zero-order valence-corrected chi connectivity index (χ0v) is 25.9. The standard InChI is InChI=1S/C44H40/c1-44(2,3)33-24-25-39-41(28-33)42(32-18-13-17-30(26-32)29-14-5-4-6-15-29)37-22-11-12-23-38(37)43(39)40-27-31-16-7-8-19-34(31)35-20-9-10-21-36(35)40/h4-28,31,34-36,39,41H,1-3H3. The van der Waals surface area contributed by atoms with Crippen LogP contribution in [0.4, 0.5) is 0 Å². The fraction of sp³-hybridized carbons (Fsp3) is 0.227. The average Bonchev–Trinajstić information content (AvgIpc) is 3.06. The van der Waals surface area contributed by atoms with E-state index in [-0.39, 0.29) is 17.3 Å². The smallest absolute Gasteiger partial charge is 0.0140 e. The molecule has 0 fully saturated rings. The summed E-state index contributed by atoms with van der Waals surface area (Å²) in [6.07, 6.45) is 29.0. The number of hydrogen-bond acceptors (Lipinski definition) is 0. The maximum absolute atomic E-state index is 2.62. The zero-order valence-electron chi connectivity index (χ0n) is 25.9. The average molecular weight is 569 g/mol. The van der Waals surface area contributed by atoms with E-state index < -0.39 is 0 Å². The number of allylic oxidation sites excluding steroid dienone is 14. The molecule has 0 heteroatoms. The molecule has 216 valence electrons. The Morgan fingerprint density at radius 1 is 0.500 bits per heavy atom. The number of benzene rings is 3. The highest BCUT2D eigenvalue weighted by Crippen LogP contribution is 2.51. The van der Waals surface area contributed by atoms with Crippen LogP contribution in [0.3, 0.4) is 0 Å². The third-order valence-electron chi connectivity index (χ3n) is 10.4. The van der Waals surface area contributed by atoms with E-state index in [4.69, 9.17) is 0 Å². The molecular weight excluding hydrogens is 528 g/mol. The Balaban J connectivity index is 1.41. The van der Waals surface area contributed by atoms with E-state index in [9.17, 15) is 0 Å². The number of fused-ring (bicyclic) bond motifs is 5. The number of hydrogen-bond donors (Lipinski definition) is 0. The van der Waals surface area contributed by atoms with Gasteiger partial charge in [0.25, 0.3) is 0 Å². The van der Waals surface area contributed by atoms with Crippen molar-refractivity contribution in [1.82, 2.24) is 0 Å². The Morgan fingerprint density at radius 2 is 1.16 bits per heavy atom. The van der Waals surface area contributed by atoms with Crippen LogP contribution >= 0.6 is 0 Å². The van der Waals surface area contributed by atoms with Gasteiger partial charge in [-0.1, -0.05) is 166 Å². The summed E-state index contributed by atoms with van der Waals surface area (Å²) in [6, 6.07) is 29.3. The maximum atomic E-state index is 2.62. The molecule has 0 saturated heterocycles. The first kappa shape index (κ1) is 27.2. The minimum absolute atomic E-state index is 0.0775. The van der Waals surface area contributed by atoms with Gasteiger partial charge in [0.1, 0.15) is 0 Å². The quantitative estimate of drug-likeness (QED) is 0.296. The van der Waals surface area contributed by atoms with Crippen molar-refractivity contribution in [3.8, 4) is 11.1 Å². The first-order valence-corrected chi connectivity index (χ1v) is 16.3. The molecule has 0 saturated carbocycles. The van der Waals surface area contributed by atoms with Gasteiger partial charge in [-0.15, -0.1) is 0 Å². The van der Waals surface area contributed by atoms with Crippen molar-refractivity contribution in [3.05, 3.63) is 179 Å². The molecule has 0 bridgehead atoms. The summed E-state index contributed by atoms with van der Waals surface area (Å²) in [6.45, 7) is 7.03. The molecule has 6 unspecified atom stereocenters. The fourth-order valence-electron chi connectivity index (χ4n) is 8.31. The molecule has 0 aliphatic heterocycles. The van der Waals surface area contributed by atoms with Crippen molar-refractivity contribution >= 4 is 11.1 Å². The Kier molecular flexibility index (Phi) is 6.56. The molecule has 8 rings (SSSR count). The van der Waals surface area contributed by atoms with Crippen LogP contribution in [0.25, 0.3) is 22.3 Å². The Morgan fingerprint density at radius 3 is 1.95 bits per heavy atom. The number of rotatable bonds is 3. The van der Waals surface area contributed by atoms with Crippen LogP contribution in [0, 0.1) is 40.9 Å². The SMILES string of the molecule is CC(C)(C)C1=CC2C(c3cccc(-c4ccccc4)c3)=c3ccccc3=C(C3=CC4C=CC=CC4C4C=CC=CC34)C2C=C1. The molecule has 0 nitrogen and oxygen atoms in total. The van der Waals surface area contributed by atoms with E-state index in [1.54, 1.807) is 0 Å². The molecule has 5 aliphatic rings. The van der Waals surface area contributed by atoms with E-state index >= 15 is 0 Å². The summed E-state index contributed by atoms with van der Waals surface area (Å²) in [5, 5.41) is 2.77. The van der Waals surface area contributed by atoms with Crippen LogP contribution in [-0.4, -0.2) is 0 Å². The summed E-state index contributed by atoms with van der Waals surface area (Å²) in [4.78, 5) is 0. The molecule has 0 N–H and O–H groups in total. The van der Waals surface area contributed by atoms with E-state index in [2.05, 4.69) is 173 Å². The lowest BCUT2D eigenvalue weighted by atomic mass is 9.59. The second-order valence-electron chi connectivity index (χ2n) is 14.0. The predicted molar refractivity (Wildman–Crippen MR) is 186 cm³/mol. The van der Waals surface area contributed by atoms with Crippen LogP contribution in [-0.2, 0) is 0 Å². The monoisotopic (exact) mass is 568 g/mol. The Labute approximate surface area is 262 Å². The van der Waals surface area contributed by atoms with Gasteiger partial charge in [-0.05, 0) is 72.7 Å². The summed E-state index contributed by atoms with van der Waals surface area (Å²) in [5.74, 6) is 2.33. The van der Waals surface area contributed by atoms with Crippen LogP contribution in [0.5, 0.6) is 0 Å². The molecule has 3 aromatic rings. The lowest BCUT2D eigenvalue weighted by molar-refractivity contribution is 0.337. The van der Waals surface area contributed by atoms with Gasteiger partial charge in [-0.2, -0.15) is 0 Å². The predicted octanol–water partition coefficient (Wildman–Crippen LogP) is 9.15. The molecular formula is C44H40. The topological polar surface area (TPSA) is 0 Å². The van der Waals surface area contributed by atoms with E-state index in [0.717, 1.165) is 0 Å². The fourth-order valence-corrected chi connectivity index (χ4v) is 8.31. The second-order valence-corrected chi connectivity index (χ2v) is 14.0. The molecule has 0 aromatic heterocycles. The molecule has 0 amide bonds. The van der Waals surface area contributed by atoms with Gasteiger partial charge in [-0.3, -0.25) is 0 Å². The Bertz CT molecular complexity index is 1960. The first-order valence-electron chi connectivity index (χ1n) is 16.3. The minimum atomic E-state index is 0.0775. The van der Waals surface area contributed by atoms with E-state index in [1.165, 1.54) is 49.4 Å². The van der Waals surface area contributed by atoms with Gasteiger partial charge in [0.15, 0.2) is 0 Å². The third kappa shape index (κ3) is 4.51. The van der Waals surface area contributed by atoms with Gasteiger partial charge in [0.05, 0.1) is 0 Å². The highest BCUT2D eigenvalue weighted by atomic mass is 14.5. The molecule has 44 heavy (non-hydrogen) atoms. The largest absolute Gasteiger partial charge is 0.0799 e. The third-order valence-corrected chi connectivity index (χ3v) is 10.4. The molecule has 5 aliphatic carbocycles. The van der Waals surface area contributed by atoms with Crippen molar-refractivity contribution in [3.63, 3.8) is 0 Å². The highest BCUT2D eigenvalue weighted by molar-refractivity contribution is 5.83. The van der Waals surface area contributed by atoms with Crippen LogP contribution in [0.1, 0.15) is 26.3 Å². The van der Waals surface area contributed by atoms with Crippen molar-refractivity contribution in [2.45, 2.75) is 20.8 Å². The van der Waals surface area contributed by atoms with Crippen molar-refractivity contribution in [2.24, 2.45) is 40.9 Å². The van der Waals surface area contributed by atoms with Crippen LogP contribution in [0.2, 0.25) is 0 Å². The van der Waals surface area contributed by atoms with Crippen molar-refractivity contribution < 1.29 is 0 Å². The maximum Gasteiger partial charge on any atom is 0.0140 e. The van der Waals surface area contributed by atoms with Gasteiger partial charge in [-0.25, -0.2) is 0 Å². The zero-order chi connectivity index (χ0) is 29.8. The molecule has 3 aromatic carbocycles. The van der Waals surface area contributed by atoms with Crippen molar-refractivity contribution in [1.29, 1.82) is 0 Å². The van der Waals surface area contributed by atoms with Gasteiger partial charge in [0, 0.05) is 23.7 Å². The van der Waals surface area contributed by atoms with E-state index in [0.29, 0.717) is 23.7 Å². The second kappa shape index (κ2) is 10.6. The van der Waals surface area contributed by atoms with Gasteiger partial charge < -0.3 is 0 Å². The first-order chi connectivity index (χ1) is 21.5. The normalized spacial score (nSPS) is 28.1. The minimum Gasteiger partial charge on any atom is -0.0799 e. The highest BCUT2D eigenvalue weighted by Gasteiger charge is 2.42. The lowest BCUT2D eigenvalue weighted by Gasteiger charge is -2.44. The summed E-state index contributed by atoms with van der Waals surface area (Å²) in [7, 11) is 0. The summed E-state index contributed by atoms with van der Waals surface area (Å²) >= 11 is 0. The molecule has 6 atom stereocenters. The van der Waals surface area contributed by atoms with Crippen LogP contribution < -0.4 is 10.4 Å². The molecule has 0 radical (unpaired) electrons. The Hall–Kier alpha value is -4.42. The summed E-state index contributed by atoms with van der Waals surface area (Å²) in [5.41, 5.74) is 9.84. The molecule has 0 spiro atoms. The molecule has 0 heterocycles.